The second kappa shape index (κ2) is 6.03. The molecule has 1 aromatic carbocycles. The summed E-state index contributed by atoms with van der Waals surface area (Å²) in [5, 5.41) is 11.3. The predicted molar refractivity (Wildman–Crippen MR) is 71.8 cm³/mol. The fourth-order valence-corrected chi connectivity index (χ4v) is 2.61. The van der Waals surface area contributed by atoms with Crippen LogP contribution in [0.3, 0.4) is 0 Å². The van der Waals surface area contributed by atoms with Gasteiger partial charge in [0.15, 0.2) is 0 Å². The topological polar surface area (TPSA) is 66.4 Å². The zero-order chi connectivity index (χ0) is 14.6. The minimum absolute atomic E-state index is 0.0208. The summed E-state index contributed by atoms with van der Waals surface area (Å²) >= 11 is 0. The number of hydrogen-bond acceptors (Lipinski definition) is 2. The van der Waals surface area contributed by atoms with Gasteiger partial charge >= 0.3 is 5.97 Å². The smallest absolute Gasteiger partial charge is 0.303 e. The molecule has 1 amide bonds. The van der Waals surface area contributed by atoms with Gasteiger partial charge in [0.05, 0.1) is 5.41 Å². The molecule has 1 aliphatic rings. The summed E-state index contributed by atoms with van der Waals surface area (Å²) in [5.41, 5.74) is -0.323. The largest absolute Gasteiger partial charge is 0.481 e. The van der Waals surface area contributed by atoms with E-state index in [1.807, 2.05) is 0 Å². The Morgan fingerprint density at radius 2 is 2.00 bits per heavy atom. The highest BCUT2D eigenvalue weighted by Crippen LogP contribution is 2.44. The highest BCUT2D eigenvalue weighted by Gasteiger charge is 2.46. The van der Waals surface area contributed by atoms with Crippen molar-refractivity contribution in [3.63, 3.8) is 0 Å². The lowest BCUT2D eigenvalue weighted by Crippen LogP contribution is -2.50. The van der Waals surface area contributed by atoms with E-state index in [-0.39, 0.29) is 18.1 Å². The third kappa shape index (κ3) is 2.81. The van der Waals surface area contributed by atoms with Crippen LogP contribution in [0.4, 0.5) is 4.39 Å². The second-order valence-corrected chi connectivity index (χ2v) is 5.17. The molecule has 108 valence electrons. The van der Waals surface area contributed by atoms with Crippen LogP contribution in [0.15, 0.2) is 24.3 Å². The number of hydrogen-bond donors (Lipinski definition) is 2. The van der Waals surface area contributed by atoms with E-state index in [0.29, 0.717) is 31.4 Å². The van der Waals surface area contributed by atoms with Gasteiger partial charge < -0.3 is 10.4 Å². The second-order valence-electron chi connectivity index (χ2n) is 5.17. The zero-order valence-corrected chi connectivity index (χ0v) is 11.2. The highest BCUT2D eigenvalue weighted by molar-refractivity contribution is 5.89. The average Bonchev–Trinajstić information content (AvgIpc) is 2.35. The van der Waals surface area contributed by atoms with Gasteiger partial charge in [-0.3, -0.25) is 9.59 Å². The number of carbonyl (C=O) groups is 2. The zero-order valence-electron chi connectivity index (χ0n) is 11.2. The third-order valence-corrected chi connectivity index (χ3v) is 3.88. The number of rotatable bonds is 6. The summed E-state index contributed by atoms with van der Waals surface area (Å²) in [6.45, 7) is 0.307. The normalized spacial score (nSPS) is 16.2. The molecule has 2 N–H and O–H groups in total. The Morgan fingerprint density at radius 1 is 1.30 bits per heavy atom. The molecule has 1 aliphatic carbocycles. The van der Waals surface area contributed by atoms with Crippen molar-refractivity contribution in [1.82, 2.24) is 5.32 Å². The molecule has 0 atom stereocenters. The standard InChI is InChI=1S/C15H18FNO3/c16-12-6-2-1-5-11(12)15(8-4-9-15)14(20)17-10-3-7-13(18)19/h1-2,5-6H,3-4,7-10H2,(H,17,20)(H,18,19). The van der Waals surface area contributed by atoms with Crippen molar-refractivity contribution in [3.8, 4) is 0 Å². The number of carboxylic acids is 1. The van der Waals surface area contributed by atoms with E-state index < -0.39 is 11.4 Å². The first kappa shape index (κ1) is 14.5. The lowest BCUT2D eigenvalue weighted by molar-refractivity contribution is -0.137. The van der Waals surface area contributed by atoms with Crippen molar-refractivity contribution in [3.05, 3.63) is 35.6 Å². The van der Waals surface area contributed by atoms with Crippen molar-refractivity contribution in [2.24, 2.45) is 0 Å². The summed E-state index contributed by atoms with van der Waals surface area (Å²) < 4.78 is 13.9. The first-order chi connectivity index (χ1) is 9.56. The molecule has 0 saturated heterocycles. The molecule has 0 heterocycles. The Kier molecular flexibility index (Phi) is 4.37. The first-order valence-corrected chi connectivity index (χ1v) is 6.81. The monoisotopic (exact) mass is 279 g/mol. The Hall–Kier alpha value is -1.91. The van der Waals surface area contributed by atoms with Crippen molar-refractivity contribution < 1.29 is 19.1 Å². The van der Waals surface area contributed by atoms with E-state index in [4.69, 9.17) is 5.11 Å². The van der Waals surface area contributed by atoms with Crippen molar-refractivity contribution in [1.29, 1.82) is 0 Å². The maximum Gasteiger partial charge on any atom is 0.303 e. The predicted octanol–water partition coefficient (Wildman–Crippen LogP) is 2.23. The minimum atomic E-state index is -0.883. The highest BCUT2D eigenvalue weighted by atomic mass is 19.1. The summed E-state index contributed by atoms with van der Waals surface area (Å²) in [6, 6.07) is 6.37. The van der Waals surface area contributed by atoms with Crippen molar-refractivity contribution >= 4 is 11.9 Å². The Balaban J connectivity index is 2.02. The molecule has 0 aliphatic heterocycles. The maximum absolute atomic E-state index is 13.9. The maximum atomic E-state index is 13.9. The lowest BCUT2D eigenvalue weighted by atomic mass is 9.63. The summed E-state index contributed by atoms with van der Waals surface area (Å²) in [6.07, 6.45) is 2.58. The summed E-state index contributed by atoms with van der Waals surface area (Å²) in [7, 11) is 0. The van der Waals surface area contributed by atoms with Crippen LogP contribution in [0.2, 0.25) is 0 Å². The van der Waals surface area contributed by atoms with Gasteiger partial charge in [0.2, 0.25) is 5.91 Å². The Bertz CT molecular complexity index is 512. The van der Waals surface area contributed by atoms with E-state index in [1.165, 1.54) is 6.07 Å². The van der Waals surface area contributed by atoms with Crippen LogP contribution < -0.4 is 5.32 Å². The molecule has 0 radical (unpaired) electrons. The van der Waals surface area contributed by atoms with Crippen LogP contribution >= 0.6 is 0 Å². The van der Waals surface area contributed by atoms with Crippen molar-refractivity contribution in [2.45, 2.75) is 37.5 Å². The van der Waals surface area contributed by atoms with Gasteiger partial charge in [0, 0.05) is 18.5 Å². The molecule has 1 saturated carbocycles. The van der Waals surface area contributed by atoms with E-state index in [1.54, 1.807) is 18.2 Å². The molecular weight excluding hydrogens is 261 g/mol. The number of amides is 1. The summed E-state index contributed by atoms with van der Waals surface area (Å²) in [4.78, 5) is 22.7. The van der Waals surface area contributed by atoms with Gasteiger partial charge in [-0.25, -0.2) is 4.39 Å². The number of carbonyl (C=O) groups excluding carboxylic acids is 1. The molecule has 0 aromatic heterocycles. The molecular formula is C15H18FNO3. The molecule has 1 fully saturated rings. The molecule has 1 aromatic rings. The molecule has 5 heteroatoms. The lowest BCUT2D eigenvalue weighted by Gasteiger charge is -2.40. The fraction of sp³-hybridized carbons (Fsp3) is 0.467. The third-order valence-electron chi connectivity index (χ3n) is 3.88. The van der Waals surface area contributed by atoms with E-state index in [0.717, 1.165) is 6.42 Å². The van der Waals surface area contributed by atoms with Crippen LogP contribution in [-0.4, -0.2) is 23.5 Å². The molecule has 2 rings (SSSR count). The SMILES string of the molecule is O=C(O)CCCNC(=O)C1(c2ccccc2F)CCC1. The van der Waals surface area contributed by atoms with Gasteiger partial charge in [0.25, 0.3) is 0 Å². The Morgan fingerprint density at radius 3 is 2.55 bits per heavy atom. The average molecular weight is 279 g/mol. The van der Waals surface area contributed by atoms with E-state index in [2.05, 4.69) is 5.32 Å². The number of benzene rings is 1. The van der Waals surface area contributed by atoms with Crippen LogP contribution in [0.25, 0.3) is 0 Å². The molecule has 20 heavy (non-hydrogen) atoms. The van der Waals surface area contributed by atoms with Gasteiger partial charge in [-0.2, -0.15) is 0 Å². The summed E-state index contributed by atoms with van der Waals surface area (Å²) in [5.74, 6) is -1.43. The van der Waals surface area contributed by atoms with Gasteiger partial charge in [-0.05, 0) is 25.3 Å². The van der Waals surface area contributed by atoms with E-state index in [9.17, 15) is 14.0 Å². The first-order valence-electron chi connectivity index (χ1n) is 6.81. The van der Waals surface area contributed by atoms with Crippen LogP contribution in [0, 0.1) is 5.82 Å². The van der Waals surface area contributed by atoms with Gasteiger partial charge in [-0.1, -0.05) is 24.6 Å². The number of carboxylic acid groups (broad SMARTS) is 1. The Labute approximate surface area is 117 Å². The molecule has 0 bridgehead atoms. The minimum Gasteiger partial charge on any atom is -0.481 e. The van der Waals surface area contributed by atoms with Crippen LogP contribution in [0.5, 0.6) is 0 Å². The van der Waals surface area contributed by atoms with Gasteiger partial charge in [-0.15, -0.1) is 0 Å². The number of aliphatic carboxylic acids is 1. The molecule has 4 nitrogen and oxygen atoms in total. The molecule has 0 spiro atoms. The van der Waals surface area contributed by atoms with Crippen molar-refractivity contribution in [2.75, 3.05) is 6.54 Å². The molecule has 0 unspecified atom stereocenters. The fourth-order valence-electron chi connectivity index (χ4n) is 2.61. The number of nitrogens with one attached hydrogen (secondary N) is 1. The van der Waals surface area contributed by atoms with E-state index >= 15 is 0 Å². The number of halogens is 1. The van der Waals surface area contributed by atoms with Gasteiger partial charge in [0.1, 0.15) is 5.82 Å². The van der Waals surface area contributed by atoms with Crippen LogP contribution in [-0.2, 0) is 15.0 Å². The quantitative estimate of drug-likeness (QED) is 0.785. The van der Waals surface area contributed by atoms with Crippen LogP contribution in [0.1, 0.15) is 37.7 Å².